The molecule has 0 amide bonds. The smallest absolute Gasteiger partial charge is 0.164 e. The Bertz CT molecular complexity index is 756. The minimum atomic E-state index is 0.549. The molecule has 0 unspecified atom stereocenters. The van der Waals surface area contributed by atoms with E-state index in [1.165, 1.54) is 0 Å². The summed E-state index contributed by atoms with van der Waals surface area (Å²) in [5, 5.41) is 0. The fourth-order valence-corrected chi connectivity index (χ4v) is 2.00. The molecule has 0 saturated carbocycles. The molecule has 0 spiro atoms. The molecule has 0 aliphatic heterocycles. The Balaban J connectivity index is 2.60. The summed E-state index contributed by atoms with van der Waals surface area (Å²) in [5.74, 6) is 1.83. The van der Waals surface area contributed by atoms with Gasteiger partial charge in [-0.05, 0) is 13.3 Å². The minimum Gasteiger partial charge on any atom is -0.208 e. The third kappa shape index (κ3) is 4.10. The first kappa shape index (κ1) is 16.6. The first-order valence-electron chi connectivity index (χ1n) is 7.66. The molecular formula is C20H21N3. The van der Waals surface area contributed by atoms with Crippen LogP contribution in [0, 0.1) is 0 Å². The maximum absolute atomic E-state index is 4.63. The first-order chi connectivity index (χ1) is 11.2. The van der Waals surface area contributed by atoms with Gasteiger partial charge in [-0.25, -0.2) is 15.0 Å². The van der Waals surface area contributed by atoms with E-state index in [-0.39, 0.29) is 0 Å². The summed E-state index contributed by atoms with van der Waals surface area (Å²) in [5.41, 5.74) is 2.59. The Morgan fingerprint density at radius 1 is 1.09 bits per heavy atom. The van der Waals surface area contributed by atoms with Crippen LogP contribution in [0.15, 0.2) is 67.8 Å². The molecule has 0 N–H and O–H groups in total. The molecule has 1 aromatic heterocycles. The van der Waals surface area contributed by atoms with Crippen molar-refractivity contribution in [2.24, 2.45) is 0 Å². The van der Waals surface area contributed by atoms with Crippen LogP contribution < -0.4 is 0 Å². The molecule has 3 nitrogen and oxygen atoms in total. The van der Waals surface area contributed by atoms with Crippen molar-refractivity contribution in [1.82, 2.24) is 15.0 Å². The van der Waals surface area contributed by atoms with Crippen molar-refractivity contribution < 1.29 is 0 Å². The molecule has 0 radical (unpaired) electrons. The van der Waals surface area contributed by atoms with Crippen LogP contribution in [0.2, 0.25) is 0 Å². The van der Waals surface area contributed by atoms with Crippen LogP contribution in [0.5, 0.6) is 0 Å². The second kappa shape index (κ2) is 7.99. The van der Waals surface area contributed by atoms with E-state index < -0.39 is 0 Å². The predicted octanol–water partition coefficient (Wildman–Crippen LogP) is 5.11. The lowest BCUT2D eigenvalue weighted by atomic mass is 10.1. The van der Waals surface area contributed by atoms with Gasteiger partial charge in [-0.1, -0.05) is 74.7 Å². The van der Waals surface area contributed by atoms with Crippen LogP contribution in [-0.4, -0.2) is 15.0 Å². The number of hydrogen-bond acceptors (Lipinski definition) is 3. The van der Waals surface area contributed by atoms with Crippen LogP contribution >= 0.6 is 0 Å². The molecule has 0 aliphatic rings. The highest BCUT2D eigenvalue weighted by atomic mass is 15.0. The van der Waals surface area contributed by atoms with Crippen molar-refractivity contribution >= 4 is 11.1 Å². The standard InChI is InChI=1S/C20H21N3/c1-5-8-12-16(7-3)19-21-18(15(4)6-2)22-20(23-19)17-13-10-9-11-14-17/h6-14H,2,4-5H2,1,3H3/b12-8-,16-7+. The molecule has 0 fully saturated rings. The summed E-state index contributed by atoms with van der Waals surface area (Å²) >= 11 is 0. The Morgan fingerprint density at radius 3 is 2.39 bits per heavy atom. The van der Waals surface area contributed by atoms with Gasteiger partial charge in [0.15, 0.2) is 17.5 Å². The average Bonchev–Trinajstić information content (AvgIpc) is 2.62. The van der Waals surface area contributed by atoms with Crippen LogP contribution in [0.3, 0.4) is 0 Å². The van der Waals surface area contributed by atoms with Gasteiger partial charge >= 0.3 is 0 Å². The predicted molar refractivity (Wildman–Crippen MR) is 97.6 cm³/mol. The normalized spacial score (nSPS) is 11.7. The second-order valence-corrected chi connectivity index (χ2v) is 4.96. The van der Waals surface area contributed by atoms with Gasteiger partial charge in [0.2, 0.25) is 0 Å². The van der Waals surface area contributed by atoms with E-state index in [2.05, 4.69) is 41.1 Å². The van der Waals surface area contributed by atoms with E-state index >= 15 is 0 Å². The fraction of sp³-hybridized carbons (Fsp3) is 0.150. The summed E-state index contributed by atoms with van der Waals surface area (Å²) in [6, 6.07) is 9.87. The molecule has 0 aliphatic carbocycles. The maximum Gasteiger partial charge on any atom is 0.164 e. The molecular weight excluding hydrogens is 282 g/mol. The zero-order valence-corrected chi connectivity index (χ0v) is 13.7. The lowest BCUT2D eigenvalue weighted by Crippen LogP contribution is -2.03. The zero-order chi connectivity index (χ0) is 16.7. The summed E-state index contributed by atoms with van der Waals surface area (Å²) < 4.78 is 0. The second-order valence-electron chi connectivity index (χ2n) is 4.96. The highest BCUT2D eigenvalue weighted by Gasteiger charge is 2.11. The van der Waals surface area contributed by atoms with Gasteiger partial charge in [0.25, 0.3) is 0 Å². The van der Waals surface area contributed by atoms with Crippen molar-refractivity contribution in [2.75, 3.05) is 0 Å². The number of benzene rings is 1. The van der Waals surface area contributed by atoms with E-state index in [1.807, 2.05) is 49.4 Å². The lowest BCUT2D eigenvalue weighted by Gasteiger charge is -2.08. The summed E-state index contributed by atoms with van der Waals surface area (Å²) in [7, 11) is 0. The van der Waals surface area contributed by atoms with Crippen LogP contribution in [0.4, 0.5) is 0 Å². The van der Waals surface area contributed by atoms with Crippen molar-refractivity contribution in [2.45, 2.75) is 20.3 Å². The summed E-state index contributed by atoms with van der Waals surface area (Å²) in [6.07, 6.45) is 8.73. The van der Waals surface area contributed by atoms with Crippen molar-refractivity contribution in [3.05, 3.63) is 79.4 Å². The number of allylic oxidation sites excluding steroid dienone is 6. The number of nitrogens with zero attached hydrogens (tertiary/aromatic N) is 3. The van der Waals surface area contributed by atoms with Gasteiger partial charge in [-0.2, -0.15) is 0 Å². The number of hydrogen-bond donors (Lipinski definition) is 0. The Morgan fingerprint density at radius 2 is 1.78 bits per heavy atom. The zero-order valence-electron chi connectivity index (χ0n) is 13.7. The Kier molecular flexibility index (Phi) is 5.75. The lowest BCUT2D eigenvalue weighted by molar-refractivity contribution is 1.00. The van der Waals surface area contributed by atoms with E-state index in [4.69, 9.17) is 0 Å². The quantitative estimate of drug-likeness (QED) is 0.696. The Labute approximate surface area is 137 Å². The minimum absolute atomic E-state index is 0.549. The van der Waals surface area contributed by atoms with Crippen LogP contribution in [0.25, 0.3) is 22.5 Å². The van der Waals surface area contributed by atoms with E-state index in [0.29, 0.717) is 23.0 Å². The number of rotatable bonds is 6. The SMILES string of the molecule is C=CC(=C)c1nc(C(/C=C\CC)=C/C)nc(-c2ccccc2)n1. The third-order valence-corrected chi connectivity index (χ3v) is 3.30. The van der Waals surface area contributed by atoms with Gasteiger partial charge in [0.1, 0.15) is 0 Å². The van der Waals surface area contributed by atoms with Gasteiger partial charge < -0.3 is 0 Å². The molecule has 1 heterocycles. The summed E-state index contributed by atoms with van der Waals surface area (Å²) in [4.78, 5) is 13.7. The molecule has 3 heteroatoms. The molecule has 0 atom stereocenters. The largest absolute Gasteiger partial charge is 0.208 e. The highest BCUT2D eigenvalue weighted by molar-refractivity contribution is 5.73. The van der Waals surface area contributed by atoms with E-state index in [9.17, 15) is 0 Å². The monoisotopic (exact) mass is 303 g/mol. The summed E-state index contributed by atoms with van der Waals surface area (Å²) in [6.45, 7) is 11.8. The number of aromatic nitrogens is 3. The van der Waals surface area contributed by atoms with Crippen molar-refractivity contribution in [3.63, 3.8) is 0 Å². The van der Waals surface area contributed by atoms with Gasteiger partial charge in [0.05, 0.1) is 0 Å². The maximum atomic E-state index is 4.63. The van der Waals surface area contributed by atoms with Gasteiger partial charge in [0, 0.05) is 16.7 Å². The Hall–Kier alpha value is -2.81. The molecule has 23 heavy (non-hydrogen) atoms. The van der Waals surface area contributed by atoms with Gasteiger partial charge in [-0.3, -0.25) is 0 Å². The first-order valence-corrected chi connectivity index (χ1v) is 7.66. The van der Waals surface area contributed by atoms with E-state index in [0.717, 1.165) is 17.6 Å². The highest BCUT2D eigenvalue weighted by Crippen LogP contribution is 2.21. The van der Waals surface area contributed by atoms with E-state index in [1.54, 1.807) is 6.08 Å². The molecule has 2 aromatic rings. The molecule has 116 valence electrons. The van der Waals surface area contributed by atoms with Gasteiger partial charge in [-0.15, -0.1) is 0 Å². The van der Waals surface area contributed by atoms with Crippen LogP contribution in [-0.2, 0) is 0 Å². The van der Waals surface area contributed by atoms with Crippen molar-refractivity contribution in [3.8, 4) is 11.4 Å². The fourth-order valence-electron chi connectivity index (χ4n) is 2.00. The van der Waals surface area contributed by atoms with Crippen LogP contribution in [0.1, 0.15) is 31.9 Å². The molecule has 0 saturated heterocycles. The van der Waals surface area contributed by atoms with Crippen molar-refractivity contribution in [1.29, 1.82) is 0 Å². The average molecular weight is 303 g/mol. The molecule has 0 bridgehead atoms. The molecule has 2 rings (SSSR count). The molecule has 1 aromatic carbocycles. The third-order valence-electron chi connectivity index (χ3n) is 3.30. The topological polar surface area (TPSA) is 38.7 Å².